The Labute approximate surface area is 168 Å². The lowest BCUT2D eigenvalue weighted by atomic mass is 10.1. The van der Waals surface area contributed by atoms with Crippen molar-refractivity contribution in [1.29, 1.82) is 0 Å². The quantitative estimate of drug-likeness (QED) is 0.725. The van der Waals surface area contributed by atoms with Crippen LogP contribution in [0, 0.1) is 0 Å². The molecule has 2 aromatic carbocycles. The minimum absolute atomic E-state index is 0.176. The molecule has 0 radical (unpaired) electrons. The van der Waals surface area contributed by atoms with Crippen LogP contribution >= 0.6 is 0 Å². The van der Waals surface area contributed by atoms with Gasteiger partial charge in [0.1, 0.15) is 5.75 Å². The van der Waals surface area contributed by atoms with E-state index in [1.165, 1.54) is 0 Å². The normalized spacial score (nSPS) is 18.9. The summed E-state index contributed by atoms with van der Waals surface area (Å²) >= 11 is 0. The van der Waals surface area contributed by atoms with Crippen molar-refractivity contribution in [3.8, 4) is 17.2 Å². The van der Waals surface area contributed by atoms with E-state index in [1.807, 2.05) is 30.3 Å². The number of nitrogens with zero attached hydrogens (tertiary/aromatic N) is 1. The maximum absolute atomic E-state index is 13.1. The lowest BCUT2D eigenvalue weighted by Crippen LogP contribution is -2.38. The van der Waals surface area contributed by atoms with Crippen LogP contribution in [0.4, 0.5) is 0 Å². The molecular weight excluding hydrogens is 374 g/mol. The number of rotatable bonds is 5. The van der Waals surface area contributed by atoms with E-state index < -0.39 is 6.10 Å². The van der Waals surface area contributed by atoms with E-state index in [-0.39, 0.29) is 25.1 Å². The fraction of sp³-hybridized carbons (Fsp3) is 0.364. The van der Waals surface area contributed by atoms with E-state index in [2.05, 4.69) is 6.07 Å². The Kier molecular flexibility index (Phi) is 4.50. The van der Waals surface area contributed by atoms with E-state index in [0.717, 1.165) is 28.9 Å². The molecule has 7 heteroatoms. The molecule has 1 amide bonds. The zero-order valence-electron chi connectivity index (χ0n) is 15.9. The van der Waals surface area contributed by atoms with Gasteiger partial charge in [-0.3, -0.25) is 9.59 Å². The van der Waals surface area contributed by atoms with Crippen molar-refractivity contribution in [2.24, 2.45) is 0 Å². The molecule has 150 valence electrons. The molecule has 1 atom stereocenters. The molecule has 0 saturated carbocycles. The van der Waals surface area contributed by atoms with Gasteiger partial charge in [0.25, 0.3) is 5.91 Å². The standard InChI is InChI=1S/C22H21NO6/c24-21-6-5-19(29-21)22(25)23(11-14-1-3-17-16(9-14)7-8-26-17)12-15-2-4-18-20(10-15)28-13-27-18/h1-4,9-10,19H,5-8,11-13H2/t19-/m0/s1. The Morgan fingerprint density at radius 2 is 1.69 bits per heavy atom. The van der Waals surface area contributed by atoms with Crippen molar-refractivity contribution in [2.75, 3.05) is 13.4 Å². The highest BCUT2D eigenvalue weighted by atomic mass is 16.7. The molecule has 3 heterocycles. The molecule has 0 unspecified atom stereocenters. The number of amides is 1. The summed E-state index contributed by atoms with van der Waals surface area (Å²) in [5.74, 6) is 1.80. The molecule has 7 nitrogen and oxygen atoms in total. The highest BCUT2D eigenvalue weighted by Gasteiger charge is 2.33. The minimum Gasteiger partial charge on any atom is -0.493 e. The Hall–Kier alpha value is -3.22. The van der Waals surface area contributed by atoms with Crippen LogP contribution in [0.25, 0.3) is 0 Å². The summed E-state index contributed by atoms with van der Waals surface area (Å²) in [6.45, 7) is 1.71. The SMILES string of the molecule is O=C1CC[C@@H](C(=O)N(Cc2ccc3c(c2)CCO3)Cc2ccc3c(c2)OCO3)O1. The van der Waals surface area contributed by atoms with E-state index in [9.17, 15) is 9.59 Å². The minimum atomic E-state index is -0.714. The fourth-order valence-corrected chi connectivity index (χ4v) is 3.93. The van der Waals surface area contributed by atoms with Crippen molar-refractivity contribution < 1.29 is 28.5 Å². The van der Waals surface area contributed by atoms with Gasteiger partial charge in [0, 0.05) is 32.4 Å². The van der Waals surface area contributed by atoms with Crippen LogP contribution in [-0.4, -0.2) is 36.3 Å². The number of hydrogen-bond acceptors (Lipinski definition) is 6. The number of benzene rings is 2. The van der Waals surface area contributed by atoms with Crippen LogP contribution in [-0.2, 0) is 33.8 Å². The van der Waals surface area contributed by atoms with Crippen LogP contribution in [0.5, 0.6) is 17.2 Å². The maximum Gasteiger partial charge on any atom is 0.306 e. The largest absolute Gasteiger partial charge is 0.493 e. The van der Waals surface area contributed by atoms with Crippen molar-refractivity contribution in [2.45, 2.75) is 38.5 Å². The van der Waals surface area contributed by atoms with Gasteiger partial charge in [0.05, 0.1) is 6.61 Å². The number of carbonyl (C=O) groups excluding carboxylic acids is 2. The van der Waals surface area contributed by atoms with Gasteiger partial charge in [-0.2, -0.15) is 0 Å². The Bertz CT molecular complexity index is 912. The molecule has 1 saturated heterocycles. The number of cyclic esters (lactones) is 1. The summed E-state index contributed by atoms with van der Waals surface area (Å²) in [5, 5.41) is 0. The molecule has 29 heavy (non-hydrogen) atoms. The molecule has 0 spiro atoms. The lowest BCUT2D eigenvalue weighted by Gasteiger charge is -2.25. The van der Waals surface area contributed by atoms with Gasteiger partial charge in [-0.1, -0.05) is 18.2 Å². The molecular formula is C22H21NO6. The highest BCUT2D eigenvalue weighted by molar-refractivity contribution is 5.86. The molecule has 2 aromatic rings. The third-order valence-corrected chi connectivity index (χ3v) is 5.41. The summed E-state index contributed by atoms with van der Waals surface area (Å²) in [5.41, 5.74) is 3.11. The van der Waals surface area contributed by atoms with Crippen molar-refractivity contribution in [1.82, 2.24) is 4.90 Å². The van der Waals surface area contributed by atoms with Gasteiger partial charge in [0.15, 0.2) is 17.6 Å². The van der Waals surface area contributed by atoms with Gasteiger partial charge >= 0.3 is 5.97 Å². The molecule has 0 aromatic heterocycles. The molecule has 0 bridgehead atoms. The second kappa shape index (κ2) is 7.31. The molecule has 3 aliphatic heterocycles. The van der Waals surface area contributed by atoms with Gasteiger partial charge in [-0.25, -0.2) is 0 Å². The second-order valence-electron chi connectivity index (χ2n) is 7.44. The zero-order valence-corrected chi connectivity index (χ0v) is 15.9. The van der Waals surface area contributed by atoms with Gasteiger partial charge < -0.3 is 23.8 Å². The predicted octanol–water partition coefficient (Wildman–Crippen LogP) is 2.58. The van der Waals surface area contributed by atoms with Gasteiger partial charge in [0.2, 0.25) is 6.79 Å². The number of hydrogen-bond donors (Lipinski definition) is 0. The Morgan fingerprint density at radius 3 is 2.48 bits per heavy atom. The first kappa shape index (κ1) is 17.8. The van der Waals surface area contributed by atoms with Crippen LogP contribution in [0.15, 0.2) is 36.4 Å². The zero-order chi connectivity index (χ0) is 19.8. The lowest BCUT2D eigenvalue weighted by molar-refractivity contribution is -0.153. The average molecular weight is 395 g/mol. The number of fused-ring (bicyclic) bond motifs is 2. The third-order valence-electron chi connectivity index (χ3n) is 5.41. The van der Waals surface area contributed by atoms with Gasteiger partial charge in [-0.15, -0.1) is 0 Å². The third kappa shape index (κ3) is 3.60. The highest BCUT2D eigenvalue weighted by Crippen LogP contribution is 2.33. The topological polar surface area (TPSA) is 74.3 Å². The monoisotopic (exact) mass is 395 g/mol. The predicted molar refractivity (Wildman–Crippen MR) is 102 cm³/mol. The van der Waals surface area contributed by atoms with Gasteiger partial charge in [-0.05, 0) is 34.9 Å². The number of esters is 1. The summed E-state index contributed by atoms with van der Waals surface area (Å²) in [4.78, 5) is 26.4. The van der Waals surface area contributed by atoms with Crippen LogP contribution in [0.2, 0.25) is 0 Å². The van der Waals surface area contributed by atoms with E-state index in [4.69, 9.17) is 18.9 Å². The number of ether oxygens (including phenoxy) is 4. The second-order valence-corrected chi connectivity index (χ2v) is 7.44. The summed E-state index contributed by atoms with van der Waals surface area (Å²) in [6, 6.07) is 11.7. The molecule has 0 N–H and O–H groups in total. The smallest absolute Gasteiger partial charge is 0.306 e. The van der Waals surface area contributed by atoms with Crippen LogP contribution < -0.4 is 14.2 Å². The first-order valence-corrected chi connectivity index (χ1v) is 9.77. The molecule has 1 fully saturated rings. The van der Waals surface area contributed by atoms with Crippen LogP contribution in [0.3, 0.4) is 0 Å². The van der Waals surface area contributed by atoms with E-state index >= 15 is 0 Å². The Balaban J connectivity index is 1.39. The first-order chi connectivity index (χ1) is 14.2. The first-order valence-electron chi connectivity index (χ1n) is 9.77. The van der Waals surface area contributed by atoms with E-state index in [0.29, 0.717) is 37.6 Å². The van der Waals surface area contributed by atoms with Crippen molar-refractivity contribution in [3.05, 3.63) is 53.1 Å². The summed E-state index contributed by atoms with van der Waals surface area (Å²) in [7, 11) is 0. The molecule has 5 rings (SSSR count). The van der Waals surface area contributed by atoms with E-state index in [1.54, 1.807) is 4.90 Å². The summed E-state index contributed by atoms with van der Waals surface area (Å²) in [6.07, 6.45) is 0.867. The molecule has 0 aliphatic carbocycles. The number of carbonyl (C=O) groups is 2. The molecule has 3 aliphatic rings. The van der Waals surface area contributed by atoms with Crippen molar-refractivity contribution in [3.63, 3.8) is 0 Å². The van der Waals surface area contributed by atoms with Crippen LogP contribution in [0.1, 0.15) is 29.5 Å². The summed E-state index contributed by atoms with van der Waals surface area (Å²) < 4.78 is 21.6. The maximum atomic E-state index is 13.1. The fourth-order valence-electron chi connectivity index (χ4n) is 3.93. The Morgan fingerprint density at radius 1 is 0.931 bits per heavy atom. The van der Waals surface area contributed by atoms with Crippen molar-refractivity contribution >= 4 is 11.9 Å². The average Bonchev–Trinajstić information content (AvgIpc) is 3.46.